The van der Waals surface area contributed by atoms with Crippen molar-refractivity contribution >= 4 is 28.0 Å². The molecule has 0 saturated heterocycles. The number of fused-ring (bicyclic) bond motifs is 5. The molecule has 0 bridgehead atoms. The Morgan fingerprint density at radius 3 is 1.54 bits per heavy atom. The number of para-hydroxylation sites is 2. The number of rotatable bonds is 5. The van der Waals surface area contributed by atoms with Gasteiger partial charge in [0.05, 0.1) is 16.6 Å². The summed E-state index contributed by atoms with van der Waals surface area (Å²) in [6.45, 7) is 6.81. The van der Waals surface area contributed by atoms with E-state index in [0.717, 1.165) is 38.8 Å². The predicted molar refractivity (Wildman–Crippen MR) is 208 cm³/mol. The molecule has 0 aliphatic carbocycles. The van der Waals surface area contributed by atoms with Crippen molar-refractivity contribution in [1.82, 2.24) is 9.38 Å². The summed E-state index contributed by atoms with van der Waals surface area (Å²) < 4.78 is 8.84. The van der Waals surface area contributed by atoms with E-state index in [1.54, 1.807) is 0 Å². The number of hydrogen-bond donors (Lipinski definition) is 0. The van der Waals surface area contributed by atoms with Gasteiger partial charge in [-0.3, -0.25) is 4.40 Å². The van der Waals surface area contributed by atoms with E-state index in [4.69, 9.17) is 9.40 Å². The number of oxazole rings is 1. The first-order valence-corrected chi connectivity index (χ1v) is 17.2. The molecule has 0 radical (unpaired) electrons. The number of aromatic nitrogens is 2. The molecule has 0 fully saturated rings. The Morgan fingerprint density at radius 1 is 0.460 bits per heavy atom. The molecule has 240 valence electrons. The molecule has 0 amide bonds. The van der Waals surface area contributed by atoms with E-state index in [9.17, 15) is 0 Å². The molecule has 3 heteroatoms. The molecular formula is C47H36N2O. The molecule has 0 unspecified atom stereocenters. The zero-order chi connectivity index (χ0) is 33.8. The van der Waals surface area contributed by atoms with Crippen LogP contribution in [0.15, 0.2) is 168 Å². The maximum absolute atomic E-state index is 6.69. The van der Waals surface area contributed by atoms with Gasteiger partial charge in [-0.05, 0) is 97.4 Å². The van der Waals surface area contributed by atoms with Crippen molar-refractivity contribution in [2.45, 2.75) is 26.2 Å². The lowest BCUT2D eigenvalue weighted by Crippen LogP contribution is -2.13. The molecule has 3 nitrogen and oxygen atoms in total. The van der Waals surface area contributed by atoms with Crippen LogP contribution < -0.4 is 0 Å². The van der Waals surface area contributed by atoms with Gasteiger partial charge in [0.25, 0.3) is 0 Å². The van der Waals surface area contributed by atoms with Crippen LogP contribution >= 0.6 is 0 Å². The van der Waals surface area contributed by atoms with Gasteiger partial charge < -0.3 is 4.42 Å². The fraction of sp³-hybridized carbons (Fsp3) is 0.0851. The second-order valence-electron chi connectivity index (χ2n) is 14.0. The monoisotopic (exact) mass is 644 g/mol. The number of imidazole rings is 1. The van der Waals surface area contributed by atoms with Crippen molar-refractivity contribution < 1.29 is 4.42 Å². The quantitative estimate of drug-likeness (QED) is 0.187. The van der Waals surface area contributed by atoms with E-state index < -0.39 is 0 Å². The third-order valence-corrected chi connectivity index (χ3v) is 9.78. The van der Waals surface area contributed by atoms with Crippen LogP contribution in [0.25, 0.3) is 83.6 Å². The first kappa shape index (κ1) is 29.9. The molecule has 0 aliphatic rings. The van der Waals surface area contributed by atoms with Crippen LogP contribution in [0, 0.1) is 0 Å². The molecule has 50 heavy (non-hydrogen) atoms. The van der Waals surface area contributed by atoms with Crippen LogP contribution in [0.3, 0.4) is 0 Å². The van der Waals surface area contributed by atoms with Gasteiger partial charge >= 0.3 is 5.84 Å². The van der Waals surface area contributed by atoms with Crippen molar-refractivity contribution in [3.8, 4) is 55.6 Å². The Labute approximate surface area is 292 Å². The lowest BCUT2D eigenvalue weighted by atomic mass is 9.80. The topological polar surface area (TPSA) is 30.4 Å². The highest BCUT2D eigenvalue weighted by Crippen LogP contribution is 2.45. The van der Waals surface area contributed by atoms with E-state index in [1.165, 1.54) is 44.5 Å². The molecule has 9 rings (SSSR count). The van der Waals surface area contributed by atoms with E-state index in [0.29, 0.717) is 5.84 Å². The van der Waals surface area contributed by atoms with Crippen LogP contribution in [-0.4, -0.2) is 9.38 Å². The Balaban J connectivity index is 1.32. The lowest BCUT2D eigenvalue weighted by Gasteiger charge is -2.24. The summed E-state index contributed by atoms with van der Waals surface area (Å²) in [5.74, 6) is 0.611. The molecule has 0 saturated carbocycles. The Bertz CT molecular complexity index is 2660. The molecule has 0 aliphatic heterocycles. The summed E-state index contributed by atoms with van der Waals surface area (Å²) in [4.78, 5) is 4.86. The fourth-order valence-corrected chi connectivity index (χ4v) is 7.41. The third kappa shape index (κ3) is 5.02. The van der Waals surface area contributed by atoms with Gasteiger partial charge in [-0.1, -0.05) is 148 Å². The molecule has 0 spiro atoms. The Morgan fingerprint density at radius 2 is 0.960 bits per heavy atom. The second kappa shape index (κ2) is 11.7. The summed E-state index contributed by atoms with van der Waals surface area (Å²) in [5.41, 5.74) is 16.7. The zero-order valence-corrected chi connectivity index (χ0v) is 28.4. The summed E-state index contributed by atoms with van der Waals surface area (Å²) in [6.07, 6.45) is 0. The summed E-state index contributed by atoms with van der Waals surface area (Å²) in [6, 6.07) is 58.6. The summed E-state index contributed by atoms with van der Waals surface area (Å²) in [5, 5.41) is 0. The first-order chi connectivity index (χ1) is 24.4. The van der Waals surface area contributed by atoms with Crippen molar-refractivity contribution in [3.63, 3.8) is 0 Å². The fourth-order valence-electron chi connectivity index (χ4n) is 7.41. The molecule has 2 heterocycles. The average molecular weight is 645 g/mol. The van der Waals surface area contributed by atoms with Gasteiger partial charge in [-0.25, -0.2) is 0 Å². The van der Waals surface area contributed by atoms with Crippen LogP contribution in [0.1, 0.15) is 26.3 Å². The van der Waals surface area contributed by atoms with Crippen LogP contribution in [-0.2, 0) is 5.41 Å². The minimum absolute atomic E-state index is 0.122. The molecule has 0 atom stereocenters. The maximum atomic E-state index is 6.69. The highest BCUT2D eigenvalue weighted by atomic mass is 16.4. The Kier molecular flexibility index (Phi) is 7.03. The standard InChI is InChI=1S/C47H36N2O/c1-47(2,3)40-26-27-43-45(50-46-48-41-24-13-14-25-42(41)49(43)46)44(40)35-23-15-22-34(28-35)39-30-37(32-18-9-5-10-19-32)36(31-16-7-4-8-17-31)29-38(39)33-20-11-6-12-21-33/h4-30H,1-3H3. The summed E-state index contributed by atoms with van der Waals surface area (Å²) >= 11 is 0. The van der Waals surface area contributed by atoms with Crippen LogP contribution in [0.5, 0.6) is 0 Å². The first-order valence-electron chi connectivity index (χ1n) is 17.2. The van der Waals surface area contributed by atoms with Crippen molar-refractivity contribution in [1.29, 1.82) is 0 Å². The SMILES string of the molecule is CC(C)(C)c1ccc2c(oc3nc4ccccc4n32)c1-c1cccc(-c2cc(-c3ccccc3)c(-c3ccccc3)cc2-c2ccccc2)c1. The minimum Gasteiger partial charge on any atom is -0.422 e. The smallest absolute Gasteiger partial charge is 0.307 e. The molecule has 0 N–H and O–H groups in total. The predicted octanol–water partition coefficient (Wildman–Crippen LogP) is 12.9. The minimum atomic E-state index is -0.122. The van der Waals surface area contributed by atoms with Crippen molar-refractivity contribution in [2.75, 3.05) is 0 Å². The van der Waals surface area contributed by atoms with E-state index in [2.05, 4.69) is 177 Å². The van der Waals surface area contributed by atoms with Crippen LogP contribution in [0.4, 0.5) is 0 Å². The normalized spacial score (nSPS) is 11.9. The van der Waals surface area contributed by atoms with Gasteiger partial charge in [-0.2, -0.15) is 4.98 Å². The van der Waals surface area contributed by atoms with Gasteiger partial charge in [0, 0.05) is 5.56 Å². The number of nitrogens with zero attached hydrogens (tertiary/aromatic N) is 2. The van der Waals surface area contributed by atoms with E-state index in [1.807, 2.05) is 12.1 Å². The number of benzene rings is 7. The van der Waals surface area contributed by atoms with Gasteiger partial charge in [0.1, 0.15) is 0 Å². The highest BCUT2D eigenvalue weighted by Gasteiger charge is 2.26. The molecule has 7 aromatic carbocycles. The van der Waals surface area contributed by atoms with Crippen molar-refractivity contribution in [2.24, 2.45) is 0 Å². The maximum Gasteiger partial charge on any atom is 0.307 e. The zero-order valence-electron chi connectivity index (χ0n) is 28.4. The second-order valence-corrected chi connectivity index (χ2v) is 14.0. The van der Waals surface area contributed by atoms with Crippen LogP contribution in [0.2, 0.25) is 0 Å². The summed E-state index contributed by atoms with van der Waals surface area (Å²) in [7, 11) is 0. The third-order valence-electron chi connectivity index (χ3n) is 9.78. The van der Waals surface area contributed by atoms with E-state index in [-0.39, 0.29) is 5.41 Å². The lowest BCUT2D eigenvalue weighted by molar-refractivity contribution is 0.589. The highest BCUT2D eigenvalue weighted by molar-refractivity contribution is 6.00. The molecular weight excluding hydrogens is 609 g/mol. The average Bonchev–Trinajstić information content (AvgIpc) is 3.71. The molecule has 2 aromatic heterocycles. The van der Waals surface area contributed by atoms with Gasteiger partial charge in [-0.15, -0.1) is 0 Å². The van der Waals surface area contributed by atoms with Gasteiger partial charge in [0.2, 0.25) is 0 Å². The number of hydrogen-bond acceptors (Lipinski definition) is 2. The van der Waals surface area contributed by atoms with Gasteiger partial charge in [0.15, 0.2) is 5.58 Å². The largest absolute Gasteiger partial charge is 0.422 e. The van der Waals surface area contributed by atoms with Crippen molar-refractivity contribution in [3.05, 3.63) is 169 Å². The van der Waals surface area contributed by atoms with E-state index >= 15 is 0 Å². The Hall–Kier alpha value is -6.19. The molecule has 9 aromatic rings.